The lowest BCUT2D eigenvalue weighted by Crippen LogP contribution is -2.41. The molecule has 1 saturated heterocycles. The van der Waals surface area contributed by atoms with Crippen molar-refractivity contribution in [1.82, 2.24) is 20.2 Å². The number of carbonyl (C=O) groups is 2. The van der Waals surface area contributed by atoms with Crippen molar-refractivity contribution in [3.05, 3.63) is 59.8 Å². The van der Waals surface area contributed by atoms with Crippen molar-refractivity contribution < 1.29 is 27.8 Å². The molecule has 2 aliphatic rings. The number of rotatable bonds is 4. The Labute approximate surface area is 230 Å². The fraction of sp³-hybridized carbons (Fsp3) is 0.357. The van der Waals surface area contributed by atoms with Gasteiger partial charge in [-0.2, -0.15) is 0 Å². The molecular weight excluding hydrogens is 522 g/mol. The predicted molar refractivity (Wildman–Crippen MR) is 145 cm³/mol. The van der Waals surface area contributed by atoms with Crippen molar-refractivity contribution in [2.75, 3.05) is 56.6 Å². The number of carbonyl (C=O) groups excluding carboxylic acids is 2. The third-order valence-electron chi connectivity index (χ3n) is 6.62. The molecule has 3 aromatic rings. The third kappa shape index (κ3) is 6.88. The number of amides is 2. The van der Waals surface area contributed by atoms with Gasteiger partial charge in [0.2, 0.25) is 11.9 Å². The zero-order valence-corrected chi connectivity index (χ0v) is 21.8. The average molecular weight is 553 g/mol. The Hall–Kier alpha value is -4.16. The molecule has 1 fully saturated rings. The molecule has 3 N–H and O–H groups in total. The standard InChI is InChI=1S/C28H30F2N6O4/c29-21-7-4-18-15-24(21)40-12-2-1-3-25(37)34-23-16-19(33-28-32-17-22(30)26(18)35-28)5-6-20(23)27(38)31-8-9-36-10-13-39-14-11-36/h4-7,15-17H,1-3,8-14H2,(H,31,38)(H,34,37)(H,32,33,35). The van der Waals surface area contributed by atoms with E-state index in [4.69, 9.17) is 9.47 Å². The molecule has 210 valence electrons. The van der Waals surface area contributed by atoms with E-state index in [2.05, 4.69) is 30.8 Å². The molecule has 3 heterocycles. The lowest BCUT2D eigenvalue weighted by molar-refractivity contribution is -0.116. The molecule has 40 heavy (non-hydrogen) atoms. The molecular formula is C28H30F2N6O4. The van der Waals surface area contributed by atoms with E-state index in [-0.39, 0.29) is 42.2 Å². The van der Waals surface area contributed by atoms with Crippen LogP contribution in [0.4, 0.5) is 26.1 Å². The van der Waals surface area contributed by atoms with Crippen LogP contribution in [0, 0.1) is 11.6 Å². The molecule has 5 rings (SSSR count). The smallest absolute Gasteiger partial charge is 0.253 e. The quantitative estimate of drug-likeness (QED) is 0.448. The SMILES string of the molecule is O=C1CCCCOc2cc(ccc2F)-c2nc(ncc2F)Nc2ccc(C(=O)NCCN3CCOCC3)c(c2)N1. The number of ether oxygens (including phenoxy) is 2. The lowest BCUT2D eigenvalue weighted by atomic mass is 10.1. The van der Waals surface area contributed by atoms with Gasteiger partial charge >= 0.3 is 0 Å². The molecule has 0 radical (unpaired) electrons. The Bertz CT molecular complexity index is 1380. The predicted octanol–water partition coefficient (Wildman–Crippen LogP) is 3.73. The number of anilines is 3. The maximum Gasteiger partial charge on any atom is 0.253 e. The van der Waals surface area contributed by atoms with Crippen LogP contribution in [0.15, 0.2) is 42.6 Å². The maximum absolute atomic E-state index is 14.7. The van der Waals surface area contributed by atoms with Gasteiger partial charge in [-0.15, -0.1) is 0 Å². The highest BCUT2D eigenvalue weighted by atomic mass is 19.1. The molecule has 2 amide bonds. The Morgan fingerprint density at radius 2 is 1.88 bits per heavy atom. The van der Waals surface area contributed by atoms with Crippen LogP contribution in [0.1, 0.15) is 29.6 Å². The highest BCUT2D eigenvalue weighted by Gasteiger charge is 2.18. The van der Waals surface area contributed by atoms with Gasteiger partial charge in [0.1, 0.15) is 5.69 Å². The van der Waals surface area contributed by atoms with Crippen molar-refractivity contribution in [2.24, 2.45) is 0 Å². The van der Waals surface area contributed by atoms with Gasteiger partial charge in [-0.25, -0.2) is 18.7 Å². The molecule has 0 unspecified atom stereocenters. The van der Waals surface area contributed by atoms with Crippen LogP contribution in [0.5, 0.6) is 5.75 Å². The van der Waals surface area contributed by atoms with Crippen LogP contribution in [-0.4, -0.2) is 72.7 Å². The summed E-state index contributed by atoms with van der Waals surface area (Å²) >= 11 is 0. The number of fused-ring (bicyclic) bond motifs is 7. The summed E-state index contributed by atoms with van der Waals surface area (Å²) in [5.74, 6) is -1.83. The van der Waals surface area contributed by atoms with E-state index in [0.29, 0.717) is 61.6 Å². The summed E-state index contributed by atoms with van der Waals surface area (Å²) < 4.78 is 39.9. The molecule has 0 atom stereocenters. The number of benzene rings is 2. The van der Waals surface area contributed by atoms with Gasteiger partial charge in [0.25, 0.3) is 5.91 Å². The zero-order valence-electron chi connectivity index (χ0n) is 21.8. The second-order valence-corrected chi connectivity index (χ2v) is 9.48. The minimum Gasteiger partial charge on any atom is -0.490 e. The Kier molecular flexibility index (Phi) is 8.77. The van der Waals surface area contributed by atoms with Gasteiger partial charge < -0.3 is 25.4 Å². The van der Waals surface area contributed by atoms with Gasteiger partial charge in [-0.3, -0.25) is 14.5 Å². The van der Waals surface area contributed by atoms with Gasteiger partial charge in [0.15, 0.2) is 17.4 Å². The average Bonchev–Trinajstić information content (AvgIpc) is 2.95. The normalized spacial score (nSPS) is 16.2. The van der Waals surface area contributed by atoms with E-state index in [1.807, 2.05) is 0 Å². The number of halogens is 2. The summed E-state index contributed by atoms with van der Waals surface area (Å²) in [6.07, 6.45) is 2.16. The van der Waals surface area contributed by atoms with Gasteiger partial charge in [-0.05, 0) is 49.2 Å². The summed E-state index contributed by atoms with van der Waals surface area (Å²) in [5, 5.41) is 8.74. The van der Waals surface area contributed by atoms with Gasteiger partial charge in [0, 0.05) is 43.9 Å². The molecule has 10 nitrogen and oxygen atoms in total. The number of nitrogens with one attached hydrogen (secondary N) is 3. The number of hydrogen-bond donors (Lipinski definition) is 3. The van der Waals surface area contributed by atoms with E-state index >= 15 is 0 Å². The van der Waals surface area contributed by atoms with Gasteiger partial charge in [-0.1, -0.05) is 0 Å². The van der Waals surface area contributed by atoms with Crippen molar-refractivity contribution in [3.8, 4) is 17.0 Å². The topological polar surface area (TPSA) is 118 Å². The minimum absolute atomic E-state index is 0.0311. The number of aromatic nitrogens is 2. The van der Waals surface area contributed by atoms with E-state index in [9.17, 15) is 18.4 Å². The van der Waals surface area contributed by atoms with E-state index in [1.165, 1.54) is 18.2 Å². The molecule has 0 spiro atoms. The van der Waals surface area contributed by atoms with E-state index in [0.717, 1.165) is 19.3 Å². The summed E-state index contributed by atoms with van der Waals surface area (Å²) in [5.41, 5.74) is 1.39. The van der Waals surface area contributed by atoms with Crippen LogP contribution in [0.25, 0.3) is 11.3 Å². The Balaban J connectivity index is 1.40. The third-order valence-corrected chi connectivity index (χ3v) is 6.62. The molecule has 2 aromatic carbocycles. The summed E-state index contributed by atoms with van der Waals surface area (Å²) in [6, 6.07) is 8.85. The van der Waals surface area contributed by atoms with Crippen LogP contribution >= 0.6 is 0 Å². The molecule has 6 bridgehead atoms. The van der Waals surface area contributed by atoms with Crippen LogP contribution in [0.3, 0.4) is 0 Å². The minimum atomic E-state index is -0.682. The van der Waals surface area contributed by atoms with E-state index < -0.39 is 11.6 Å². The largest absolute Gasteiger partial charge is 0.490 e. The van der Waals surface area contributed by atoms with Crippen molar-refractivity contribution in [1.29, 1.82) is 0 Å². The van der Waals surface area contributed by atoms with Crippen molar-refractivity contribution in [3.63, 3.8) is 0 Å². The number of hydrogen-bond acceptors (Lipinski definition) is 8. The Morgan fingerprint density at radius 1 is 1.02 bits per heavy atom. The highest BCUT2D eigenvalue weighted by Crippen LogP contribution is 2.29. The van der Waals surface area contributed by atoms with Crippen LogP contribution < -0.4 is 20.7 Å². The fourth-order valence-electron chi connectivity index (χ4n) is 4.47. The second kappa shape index (κ2) is 12.8. The first-order chi connectivity index (χ1) is 19.5. The van der Waals surface area contributed by atoms with Crippen molar-refractivity contribution >= 4 is 29.1 Å². The molecule has 0 aliphatic carbocycles. The monoisotopic (exact) mass is 552 g/mol. The maximum atomic E-state index is 14.7. The first-order valence-corrected chi connectivity index (χ1v) is 13.2. The summed E-state index contributed by atoms with van der Waals surface area (Å²) in [7, 11) is 0. The Morgan fingerprint density at radius 3 is 2.73 bits per heavy atom. The van der Waals surface area contributed by atoms with Crippen LogP contribution in [-0.2, 0) is 9.53 Å². The molecule has 12 heteroatoms. The van der Waals surface area contributed by atoms with Crippen molar-refractivity contribution in [2.45, 2.75) is 19.3 Å². The summed E-state index contributed by atoms with van der Waals surface area (Å²) in [6.45, 7) is 4.28. The first-order valence-electron chi connectivity index (χ1n) is 13.2. The molecule has 2 aliphatic heterocycles. The molecule has 1 aromatic heterocycles. The molecule has 0 saturated carbocycles. The van der Waals surface area contributed by atoms with E-state index in [1.54, 1.807) is 18.2 Å². The first kappa shape index (κ1) is 27.4. The second-order valence-electron chi connectivity index (χ2n) is 9.48. The number of nitrogens with zero attached hydrogens (tertiary/aromatic N) is 3. The lowest BCUT2D eigenvalue weighted by Gasteiger charge is -2.26. The summed E-state index contributed by atoms with van der Waals surface area (Å²) in [4.78, 5) is 36.3. The number of morpholine rings is 1. The van der Waals surface area contributed by atoms with Crippen LogP contribution in [0.2, 0.25) is 0 Å². The van der Waals surface area contributed by atoms with Gasteiger partial charge in [0.05, 0.1) is 37.3 Å². The highest BCUT2D eigenvalue weighted by molar-refractivity contribution is 6.04. The zero-order chi connectivity index (χ0) is 27.9. The fourth-order valence-corrected chi connectivity index (χ4v) is 4.47.